The number of hydrogen-bond donors (Lipinski definition) is 2. The highest BCUT2D eigenvalue weighted by molar-refractivity contribution is 7.92. The number of phenolic OH excluding ortho intramolecular Hbond substituents is 1. The second kappa shape index (κ2) is 7.30. The number of anilines is 1. The van der Waals surface area contributed by atoms with E-state index in [4.69, 9.17) is 4.74 Å². The molecule has 5 rings (SSSR count). The van der Waals surface area contributed by atoms with Crippen LogP contribution in [-0.2, 0) is 14.8 Å². The van der Waals surface area contributed by atoms with Gasteiger partial charge in [-0.3, -0.25) is 4.72 Å². The maximum absolute atomic E-state index is 13.4. The molecule has 1 saturated carbocycles. The van der Waals surface area contributed by atoms with Crippen LogP contribution in [0.4, 0.5) is 5.69 Å². The zero-order valence-electron chi connectivity index (χ0n) is 17.7. The Morgan fingerprint density at radius 1 is 1.00 bits per heavy atom. The normalized spacial score (nSPS) is 20.0. The minimum atomic E-state index is -3.89. The molecule has 2 aromatic carbocycles. The fourth-order valence-corrected chi connectivity index (χ4v) is 6.89. The van der Waals surface area contributed by atoms with Crippen LogP contribution < -0.4 is 4.72 Å². The first-order chi connectivity index (χ1) is 14.1. The van der Waals surface area contributed by atoms with Gasteiger partial charge in [0, 0.05) is 5.56 Å². The Morgan fingerprint density at radius 2 is 1.53 bits per heavy atom. The summed E-state index contributed by atoms with van der Waals surface area (Å²) in [5.74, 6) is -0.460. The highest BCUT2D eigenvalue weighted by atomic mass is 32.2. The number of ether oxygens (including phenoxy) is 1. The molecule has 3 aliphatic carbocycles. The van der Waals surface area contributed by atoms with Gasteiger partial charge in [0.25, 0.3) is 10.0 Å². The lowest BCUT2D eigenvalue weighted by molar-refractivity contribution is 0.0597. The number of sulfonamides is 1. The lowest BCUT2D eigenvalue weighted by atomic mass is 9.66. The number of carbonyl (C=O) groups excluding carboxylic acids is 1. The SMILES string of the molecule is COC(=O)c1cc(NS(=O)(=O)c2c(C)cc(C)cc2C)c2c(c1O)C1CCC2CC1. The summed E-state index contributed by atoms with van der Waals surface area (Å²) in [5.41, 5.74) is 4.24. The molecule has 7 heteroatoms. The van der Waals surface area contributed by atoms with Gasteiger partial charge < -0.3 is 9.84 Å². The van der Waals surface area contributed by atoms with Crippen molar-refractivity contribution in [3.63, 3.8) is 0 Å². The standard InChI is InChI=1S/C23H27NO5S/c1-12-9-13(2)22(14(3)10-12)30(27,28)24-18-11-17(23(26)29-4)21(25)20-16-7-5-15(6-8-16)19(18)20/h9-11,15-16,24-25H,5-8H2,1-4H3. The summed E-state index contributed by atoms with van der Waals surface area (Å²) in [4.78, 5) is 12.5. The monoisotopic (exact) mass is 429 g/mol. The quantitative estimate of drug-likeness (QED) is 0.545. The fraction of sp³-hybridized carbons (Fsp3) is 0.435. The predicted molar refractivity (Wildman–Crippen MR) is 115 cm³/mol. The zero-order valence-corrected chi connectivity index (χ0v) is 18.5. The van der Waals surface area contributed by atoms with Gasteiger partial charge in [-0.2, -0.15) is 0 Å². The highest BCUT2D eigenvalue weighted by Crippen LogP contribution is 2.55. The summed E-state index contributed by atoms with van der Waals surface area (Å²) in [6.45, 7) is 5.49. The minimum Gasteiger partial charge on any atom is -0.507 e. The topological polar surface area (TPSA) is 92.7 Å². The van der Waals surface area contributed by atoms with Gasteiger partial charge in [-0.25, -0.2) is 13.2 Å². The molecule has 0 spiro atoms. The molecule has 1 fully saturated rings. The number of carbonyl (C=O) groups is 1. The van der Waals surface area contributed by atoms with Gasteiger partial charge >= 0.3 is 5.97 Å². The molecule has 2 N–H and O–H groups in total. The van der Waals surface area contributed by atoms with Crippen LogP contribution in [0.3, 0.4) is 0 Å². The molecule has 30 heavy (non-hydrogen) atoms. The van der Waals surface area contributed by atoms with Crippen molar-refractivity contribution in [2.45, 2.75) is 63.2 Å². The smallest absolute Gasteiger partial charge is 0.341 e. The zero-order chi connectivity index (χ0) is 21.8. The number of rotatable bonds is 4. The van der Waals surface area contributed by atoms with Crippen molar-refractivity contribution in [2.24, 2.45) is 0 Å². The molecular formula is C23H27NO5S. The van der Waals surface area contributed by atoms with Crippen LogP contribution in [0.15, 0.2) is 23.1 Å². The number of aromatic hydroxyl groups is 1. The van der Waals surface area contributed by atoms with Gasteiger partial charge in [0.05, 0.1) is 17.7 Å². The summed E-state index contributed by atoms with van der Waals surface area (Å²) < 4.78 is 34.4. The number of hydrogen-bond acceptors (Lipinski definition) is 5. The van der Waals surface area contributed by atoms with Crippen LogP contribution in [0.5, 0.6) is 5.75 Å². The minimum absolute atomic E-state index is 0.00106. The van der Waals surface area contributed by atoms with Gasteiger partial charge in [-0.15, -0.1) is 0 Å². The van der Waals surface area contributed by atoms with E-state index in [2.05, 4.69) is 4.72 Å². The average molecular weight is 430 g/mol. The Kier molecular flexibility index (Phi) is 5.04. The van der Waals surface area contributed by atoms with Crippen molar-refractivity contribution in [3.8, 4) is 5.75 Å². The number of nitrogens with one attached hydrogen (secondary N) is 1. The molecule has 6 nitrogen and oxygen atoms in total. The van der Waals surface area contributed by atoms with Gasteiger partial charge in [0.1, 0.15) is 11.3 Å². The molecule has 2 bridgehead atoms. The van der Waals surface area contributed by atoms with Gasteiger partial charge in [0.15, 0.2) is 0 Å². The fourth-order valence-electron chi connectivity index (χ4n) is 5.37. The molecule has 0 atom stereocenters. The number of aryl methyl sites for hydroxylation is 3. The summed E-state index contributed by atoms with van der Waals surface area (Å²) in [6, 6.07) is 5.11. The molecule has 0 heterocycles. The summed E-state index contributed by atoms with van der Waals surface area (Å²) >= 11 is 0. The third kappa shape index (κ3) is 3.25. The number of methoxy groups -OCH3 is 1. The molecular weight excluding hydrogens is 402 g/mol. The summed E-state index contributed by atoms with van der Waals surface area (Å²) in [6.07, 6.45) is 3.76. The van der Waals surface area contributed by atoms with E-state index in [0.29, 0.717) is 22.4 Å². The van der Waals surface area contributed by atoms with Gasteiger partial charge in [-0.1, -0.05) is 17.7 Å². The van der Waals surface area contributed by atoms with E-state index in [9.17, 15) is 18.3 Å². The average Bonchev–Trinajstić information content (AvgIpc) is 2.68. The van der Waals surface area contributed by atoms with Crippen LogP contribution in [0.2, 0.25) is 0 Å². The molecule has 0 unspecified atom stereocenters. The van der Waals surface area contributed by atoms with E-state index >= 15 is 0 Å². The molecule has 0 radical (unpaired) electrons. The van der Waals surface area contributed by atoms with Crippen molar-refractivity contribution >= 4 is 21.7 Å². The number of benzene rings is 2. The second-order valence-corrected chi connectivity index (χ2v) is 10.1. The number of esters is 1. The first kappa shape index (κ1) is 20.7. The summed E-state index contributed by atoms with van der Waals surface area (Å²) in [5, 5.41) is 10.8. The van der Waals surface area contributed by atoms with Crippen LogP contribution in [-0.4, -0.2) is 26.6 Å². The molecule has 0 saturated heterocycles. The van der Waals surface area contributed by atoms with Crippen molar-refractivity contribution in [1.82, 2.24) is 0 Å². The van der Waals surface area contributed by atoms with E-state index in [1.54, 1.807) is 13.8 Å². The molecule has 0 aliphatic heterocycles. The van der Waals surface area contributed by atoms with Crippen LogP contribution in [0.1, 0.15) is 75.7 Å². The third-order valence-corrected chi connectivity index (χ3v) is 8.12. The van der Waals surface area contributed by atoms with Crippen molar-refractivity contribution in [3.05, 3.63) is 51.6 Å². The Bertz CT molecular complexity index is 1120. The van der Waals surface area contributed by atoms with E-state index < -0.39 is 16.0 Å². The second-order valence-electron chi connectivity index (χ2n) is 8.52. The Hall–Kier alpha value is -2.54. The number of phenols is 1. The lowest BCUT2D eigenvalue weighted by Gasteiger charge is -2.40. The Balaban J connectivity index is 1.90. The van der Waals surface area contributed by atoms with E-state index in [1.165, 1.54) is 13.2 Å². The van der Waals surface area contributed by atoms with Gasteiger partial charge in [-0.05, 0) is 81.0 Å². The maximum atomic E-state index is 13.4. The van der Waals surface area contributed by atoms with Crippen LogP contribution in [0, 0.1) is 20.8 Å². The molecule has 0 aromatic heterocycles. The van der Waals surface area contributed by atoms with E-state index in [-0.39, 0.29) is 28.0 Å². The van der Waals surface area contributed by atoms with Crippen LogP contribution in [0.25, 0.3) is 0 Å². The van der Waals surface area contributed by atoms with Gasteiger partial charge in [0.2, 0.25) is 0 Å². The van der Waals surface area contributed by atoms with E-state index in [1.807, 2.05) is 19.1 Å². The number of fused-ring (bicyclic) bond motifs is 2. The van der Waals surface area contributed by atoms with Crippen LogP contribution >= 0.6 is 0 Å². The Morgan fingerprint density at radius 3 is 2.07 bits per heavy atom. The molecule has 160 valence electrons. The van der Waals surface area contributed by atoms with Crippen molar-refractivity contribution in [2.75, 3.05) is 11.8 Å². The summed E-state index contributed by atoms with van der Waals surface area (Å²) in [7, 11) is -2.64. The first-order valence-electron chi connectivity index (χ1n) is 10.2. The predicted octanol–water partition coefficient (Wildman–Crippen LogP) is 4.66. The Labute approximate surface area is 177 Å². The lowest BCUT2D eigenvalue weighted by Crippen LogP contribution is -2.26. The highest BCUT2D eigenvalue weighted by Gasteiger charge is 2.39. The third-order valence-electron chi connectivity index (χ3n) is 6.45. The van der Waals surface area contributed by atoms with E-state index in [0.717, 1.165) is 36.8 Å². The van der Waals surface area contributed by atoms with Crippen molar-refractivity contribution in [1.29, 1.82) is 0 Å². The molecule has 3 aliphatic rings. The molecule has 2 aromatic rings. The van der Waals surface area contributed by atoms with Crippen molar-refractivity contribution < 1.29 is 23.1 Å². The first-order valence-corrected chi connectivity index (χ1v) is 11.7. The maximum Gasteiger partial charge on any atom is 0.341 e. The molecule has 0 amide bonds. The largest absolute Gasteiger partial charge is 0.507 e.